The number of benzene rings is 4. The third-order valence-electron chi connectivity index (χ3n) is 7.93. The van der Waals surface area contributed by atoms with E-state index in [0.29, 0.717) is 11.8 Å². The van der Waals surface area contributed by atoms with Crippen molar-refractivity contribution in [1.82, 2.24) is 0 Å². The Morgan fingerprint density at radius 1 is 0.542 bits per heavy atom. The van der Waals surface area contributed by atoms with E-state index in [1.807, 2.05) is 36.4 Å². The first-order valence-electron chi connectivity index (χ1n) is 14.8. The Balaban J connectivity index is 0.000000305. The second-order valence-corrected chi connectivity index (χ2v) is 11.7. The summed E-state index contributed by atoms with van der Waals surface area (Å²) in [6.45, 7) is 11.6. The van der Waals surface area contributed by atoms with Crippen molar-refractivity contribution in [3.8, 4) is 22.3 Å². The summed E-state index contributed by atoms with van der Waals surface area (Å²) in [5, 5.41) is 4.43. The zero-order valence-corrected chi connectivity index (χ0v) is 31.0. The SMILES string of the molecule is CC(C)c1cc2c(-c3ccc(C(F)(F)F)cc3)cccc2[cH-]1.CC(C)c1cc2c(-c3ccc(C(F)(F)F)cc3)cccc2[cH-]1.[CH2-][Si].[CH3-].[Zr+4]. The van der Waals surface area contributed by atoms with Crippen LogP contribution in [0.2, 0.25) is 0 Å². The molecule has 0 aliphatic rings. The summed E-state index contributed by atoms with van der Waals surface area (Å²) < 4.78 is 76.0. The first-order chi connectivity index (χ1) is 21.7. The number of rotatable bonds is 4. The van der Waals surface area contributed by atoms with Crippen molar-refractivity contribution in [2.24, 2.45) is 0 Å². The minimum absolute atomic E-state index is 0. The third-order valence-corrected chi connectivity index (χ3v) is 7.93. The van der Waals surface area contributed by atoms with Gasteiger partial charge in [-0.1, -0.05) is 75.2 Å². The molecule has 8 heteroatoms. The van der Waals surface area contributed by atoms with Crippen LogP contribution in [0.3, 0.4) is 0 Å². The maximum Gasteiger partial charge on any atom is 4.00 e. The van der Waals surface area contributed by atoms with Crippen LogP contribution in [0.1, 0.15) is 61.8 Å². The Bertz CT molecular complexity index is 1730. The Morgan fingerprint density at radius 3 is 1.12 bits per heavy atom. The Kier molecular flexibility index (Phi) is 14.5. The minimum Gasteiger partial charge on any atom is -0.358 e. The molecule has 0 bridgehead atoms. The molecule has 0 aliphatic carbocycles. The van der Waals surface area contributed by atoms with E-state index in [1.54, 1.807) is 24.3 Å². The summed E-state index contributed by atoms with van der Waals surface area (Å²) in [5.41, 5.74) is 4.81. The molecule has 247 valence electrons. The summed E-state index contributed by atoms with van der Waals surface area (Å²) >= 11 is 0. The molecule has 0 amide bonds. The summed E-state index contributed by atoms with van der Waals surface area (Å²) in [7, 11) is 2.72. The maximum atomic E-state index is 12.7. The predicted octanol–water partition coefficient (Wildman–Crippen LogP) is 13.1. The molecule has 0 heterocycles. The topological polar surface area (TPSA) is 0 Å². The second kappa shape index (κ2) is 16.9. The molecule has 0 unspecified atom stereocenters. The second-order valence-electron chi connectivity index (χ2n) is 11.7. The van der Waals surface area contributed by atoms with Crippen LogP contribution in [-0.2, 0) is 38.6 Å². The van der Waals surface area contributed by atoms with Gasteiger partial charge in [0.15, 0.2) is 0 Å². The summed E-state index contributed by atoms with van der Waals surface area (Å²) in [4.78, 5) is 0. The van der Waals surface area contributed by atoms with Crippen molar-refractivity contribution in [2.45, 2.75) is 51.9 Å². The van der Waals surface area contributed by atoms with Gasteiger partial charge in [-0.2, -0.15) is 38.5 Å². The fourth-order valence-electron chi connectivity index (χ4n) is 5.36. The largest absolute Gasteiger partial charge is 4.00 e. The van der Waals surface area contributed by atoms with Gasteiger partial charge >= 0.3 is 38.6 Å². The number of halogens is 6. The van der Waals surface area contributed by atoms with Gasteiger partial charge in [0.2, 0.25) is 0 Å². The van der Waals surface area contributed by atoms with Crippen LogP contribution in [0.4, 0.5) is 26.3 Å². The van der Waals surface area contributed by atoms with E-state index >= 15 is 0 Å². The number of fused-ring (bicyclic) bond motifs is 2. The van der Waals surface area contributed by atoms with E-state index in [2.05, 4.69) is 68.7 Å². The first kappa shape index (κ1) is 41.0. The fraction of sp³-hybridized carbons (Fsp3) is 0.200. The molecule has 0 aromatic heterocycles. The average Bonchev–Trinajstić information content (AvgIpc) is 3.67. The molecule has 48 heavy (non-hydrogen) atoms. The molecule has 0 saturated heterocycles. The van der Waals surface area contributed by atoms with Crippen LogP contribution in [-0.4, -0.2) is 10.2 Å². The zero-order chi connectivity index (χ0) is 33.8. The summed E-state index contributed by atoms with van der Waals surface area (Å²) in [5.74, 6) is 0.848. The van der Waals surface area contributed by atoms with E-state index in [0.717, 1.165) is 68.1 Å². The fourth-order valence-corrected chi connectivity index (χ4v) is 5.36. The molecule has 0 nitrogen and oxygen atoms in total. The molecule has 0 N–H and O–H groups in total. The molecule has 0 atom stereocenters. The van der Waals surface area contributed by atoms with Gasteiger partial charge in [0, 0.05) is 0 Å². The van der Waals surface area contributed by atoms with Gasteiger partial charge in [0.1, 0.15) is 0 Å². The van der Waals surface area contributed by atoms with E-state index < -0.39 is 23.5 Å². The summed E-state index contributed by atoms with van der Waals surface area (Å²) in [6, 6.07) is 31.1. The minimum atomic E-state index is -4.30. The molecule has 0 fully saturated rings. The van der Waals surface area contributed by atoms with Crippen molar-refractivity contribution in [3.63, 3.8) is 0 Å². The monoisotopic (exact) mass is 749 g/mol. The average molecular weight is 751 g/mol. The quantitative estimate of drug-likeness (QED) is 0.0956. The van der Waals surface area contributed by atoms with Crippen LogP contribution in [0.15, 0.2) is 109 Å². The van der Waals surface area contributed by atoms with Crippen LogP contribution < -0.4 is 0 Å². The Labute approximate surface area is 302 Å². The van der Waals surface area contributed by atoms with E-state index in [4.69, 9.17) is 0 Å². The normalized spacial score (nSPS) is 11.4. The van der Waals surface area contributed by atoms with Crippen molar-refractivity contribution in [1.29, 1.82) is 0 Å². The molecule has 6 aromatic rings. The van der Waals surface area contributed by atoms with Crippen LogP contribution in [0.5, 0.6) is 0 Å². The molecule has 6 rings (SSSR count). The smallest absolute Gasteiger partial charge is 0.358 e. The molecule has 0 saturated carbocycles. The standard InChI is InChI=1S/2C19H16F3.CH2Si.CH3.Zr/c2*1-12(2)15-10-14-4-3-5-17(18(14)11-15)13-6-8-16(9-7-13)19(20,21)22;1-2;;/h2*3-12H,1-2H3;1H2;1H3;/q4*-1;+4. The molecule has 0 spiro atoms. The first-order valence-corrected chi connectivity index (χ1v) is 15.5. The van der Waals surface area contributed by atoms with Gasteiger partial charge < -0.3 is 14.0 Å². The van der Waals surface area contributed by atoms with Crippen molar-refractivity contribution < 1.29 is 52.5 Å². The number of hydrogen-bond donors (Lipinski definition) is 0. The van der Waals surface area contributed by atoms with Gasteiger partial charge in [0.25, 0.3) is 0 Å². The molecule has 0 aliphatic heterocycles. The van der Waals surface area contributed by atoms with E-state index in [1.165, 1.54) is 11.1 Å². The van der Waals surface area contributed by atoms with E-state index in [-0.39, 0.29) is 33.6 Å². The predicted molar refractivity (Wildman–Crippen MR) is 186 cm³/mol. The van der Waals surface area contributed by atoms with E-state index in [9.17, 15) is 26.3 Å². The van der Waals surface area contributed by atoms with Gasteiger partial charge in [-0.3, -0.25) is 0 Å². The van der Waals surface area contributed by atoms with Gasteiger partial charge in [-0.05, 0) is 47.2 Å². The van der Waals surface area contributed by atoms with Gasteiger partial charge in [0.05, 0.1) is 11.1 Å². The Morgan fingerprint density at radius 2 is 0.854 bits per heavy atom. The molecule has 3 radical (unpaired) electrons. The Hall–Kier alpha value is -3.22. The maximum absolute atomic E-state index is 12.7. The van der Waals surface area contributed by atoms with Crippen LogP contribution in [0.25, 0.3) is 43.8 Å². The van der Waals surface area contributed by atoms with Crippen molar-refractivity contribution in [2.75, 3.05) is 0 Å². The number of alkyl halides is 6. The van der Waals surface area contributed by atoms with Gasteiger partial charge in [-0.15, -0.1) is 69.1 Å². The zero-order valence-electron chi connectivity index (χ0n) is 27.5. The summed E-state index contributed by atoms with van der Waals surface area (Å²) in [6.07, 6.45) is -8.59. The molecular formula is C40H37F6SiZr. The molecular weight excluding hydrogens is 714 g/mol. The van der Waals surface area contributed by atoms with Crippen LogP contribution in [0, 0.1) is 14.0 Å². The third kappa shape index (κ3) is 9.47. The molecule has 6 aromatic carbocycles. The van der Waals surface area contributed by atoms with Crippen LogP contribution >= 0.6 is 0 Å². The van der Waals surface area contributed by atoms with Crippen molar-refractivity contribution >= 4 is 31.8 Å². The number of hydrogen-bond acceptors (Lipinski definition) is 0. The van der Waals surface area contributed by atoms with Crippen molar-refractivity contribution in [3.05, 3.63) is 145 Å². The van der Waals surface area contributed by atoms with Gasteiger partial charge in [-0.25, -0.2) is 10.2 Å².